The number of aryl methyl sites for hydroxylation is 1. The fraction of sp³-hybridized carbons (Fsp3) is 0.278. The van der Waals surface area contributed by atoms with Crippen LogP contribution in [0, 0.1) is 0 Å². The monoisotopic (exact) mass is 298 g/mol. The maximum atomic E-state index is 11.2. The van der Waals surface area contributed by atoms with Crippen molar-refractivity contribution in [3.63, 3.8) is 0 Å². The molecule has 0 aliphatic carbocycles. The number of unbranched alkanes of at least 4 members (excludes halogenated alkanes) is 1. The van der Waals surface area contributed by atoms with E-state index in [1.54, 1.807) is 12.1 Å². The zero-order valence-electron chi connectivity index (χ0n) is 12.8. The molecule has 2 aromatic rings. The summed E-state index contributed by atoms with van der Waals surface area (Å²) in [6.07, 6.45) is 3.43. The lowest BCUT2D eigenvalue weighted by Gasteiger charge is -2.09. The largest absolute Gasteiger partial charge is 0.457 e. The van der Waals surface area contributed by atoms with Crippen LogP contribution in [0.2, 0.25) is 0 Å². The molecule has 0 saturated carbocycles. The third kappa shape index (κ3) is 4.90. The highest BCUT2D eigenvalue weighted by molar-refractivity contribution is 5.92. The molecule has 2 rings (SSSR count). The number of carbonyl (C=O) groups excluding carboxylic acids is 1. The first-order valence-electron chi connectivity index (χ1n) is 7.58. The second kappa shape index (κ2) is 8.20. The second-order valence-electron chi connectivity index (χ2n) is 5.13. The molecule has 1 amide bonds. The van der Waals surface area contributed by atoms with E-state index in [-0.39, 0.29) is 12.5 Å². The summed E-state index contributed by atoms with van der Waals surface area (Å²) in [6, 6.07) is 15.4. The van der Waals surface area contributed by atoms with Gasteiger partial charge in [0.25, 0.3) is 0 Å². The number of rotatable bonds is 7. The Hall–Kier alpha value is -2.33. The van der Waals surface area contributed by atoms with Gasteiger partial charge in [-0.2, -0.15) is 0 Å². The molecule has 0 aromatic heterocycles. The van der Waals surface area contributed by atoms with E-state index in [0.717, 1.165) is 17.9 Å². The first-order valence-corrected chi connectivity index (χ1v) is 7.58. The molecule has 0 bridgehead atoms. The number of nitrogens with two attached hydrogens (primary N) is 1. The topological polar surface area (TPSA) is 64.3 Å². The number of ether oxygens (including phenoxy) is 1. The van der Waals surface area contributed by atoms with E-state index in [1.807, 2.05) is 24.3 Å². The van der Waals surface area contributed by atoms with Crippen LogP contribution in [0.4, 0.5) is 5.69 Å². The summed E-state index contributed by atoms with van der Waals surface area (Å²) in [5.41, 5.74) is 7.26. The van der Waals surface area contributed by atoms with Gasteiger partial charge in [0.15, 0.2) is 0 Å². The maximum absolute atomic E-state index is 11.2. The van der Waals surface area contributed by atoms with Crippen molar-refractivity contribution in [3.05, 3.63) is 54.1 Å². The SMILES string of the molecule is CCCCc1cccc(Oc2ccc(NC(=O)CN)cc2)c1. The summed E-state index contributed by atoms with van der Waals surface area (Å²) < 4.78 is 5.85. The fourth-order valence-corrected chi connectivity index (χ4v) is 2.10. The van der Waals surface area contributed by atoms with Crippen molar-refractivity contribution in [2.45, 2.75) is 26.2 Å². The molecule has 0 aliphatic rings. The van der Waals surface area contributed by atoms with Crippen molar-refractivity contribution in [2.24, 2.45) is 5.73 Å². The van der Waals surface area contributed by atoms with Crippen LogP contribution in [0.3, 0.4) is 0 Å². The Labute approximate surface area is 131 Å². The zero-order valence-corrected chi connectivity index (χ0v) is 12.8. The first-order chi connectivity index (χ1) is 10.7. The van der Waals surface area contributed by atoms with Crippen molar-refractivity contribution >= 4 is 11.6 Å². The Morgan fingerprint density at radius 1 is 1.14 bits per heavy atom. The third-order valence-electron chi connectivity index (χ3n) is 3.28. The van der Waals surface area contributed by atoms with E-state index >= 15 is 0 Å². The van der Waals surface area contributed by atoms with Crippen LogP contribution in [0.1, 0.15) is 25.3 Å². The van der Waals surface area contributed by atoms with Crippen LogP contribution in [0.25, 0.3) is 0 Å². The molecule has 0 atom stereocenters. The minimum Gasteiger partial charge on any atom is -0.457 e. The molecule has 0 radical (unpaired) electrons. The Balaban J connectivity index is 1.99. The molecule has 0 unspecified atom stereocenters. The summed E-state index contributed by atoms with van der Waals surface area (Å²) in [6.45, 7) is 2.16. The minimum absolute atomic E-state index is 0.0250. The lowest BCUT2D eigenvalue weighted by molar-refractivity contribution is -0.114. The van der Waals surface area contributed by atoms with Gasteiger partial charge in [-0.1, -0.05) is 25.5 Å². The van der Waals surface area contributed by atoms with Gasteiger partial charge in [0, 0.05) is 5.69 Å². The van der Waals surface area contributed by atoms with E-state index < -0.39 is 0 Å². The molecule has 0 heterocycles. The van der Waals surface area contributed by atoms with Crippen LogP contribution in [0.15, 0.2) is 48.5 Å². The minimum atomic E-state index is -0.211. The van der Waals surface area contributed by atoms with E-state index in [9.17, 15) is 4.79 Å². The average Bonchev–Trinajstić information content (AvgIpc) is 2.55. The molecule has 3 N–H and O–H groups in total. The molecular weight excluding hydrogens is 276 g/mol. The van der Waals surface area contributed by atoms with Crippen molar-refractivity contribution < 1.29 is 9.53 Å². The van der Waals surface area contributed by atoms with E-state index in [0.29, 0.717) is 5.69 Å². The number of carbonyl (C=O) groups is 1. The quantitative estimate of drug-likeness (QED) is 0.819. The van der Waals surface area contributed by atoms with Gasteiger partial charge >= 0.3 is 0 Å². The van der Waals surface area contributed by atoms with Crippen LogP contribution < -0.4 is 15.8 Å². The van der Waals surface area contributed by atoms with Crippen LogP contribution in [-0.2, 0) is 11.2 Å². The number of hydrogen-bond donors (Lipinski definition) is 2. The van der Waals surface area contributed by atoms with Gasteiger partial charge in [-0.15, -0.1) is 0 Å². The highest BCUT2D eigenvalue weighted by Gasteiger charge is 2.02. The number of nitrogens with one attached hydrogen (secondary N) is 1. The summed E-state index contributed by atoms with van der Waals surface area (Å²) >= 11 is 0. The Kier molecular flexibility index (Phi) is 5.98. The van der Waals surface area contributed by atoms with Crippen LogP contribution in [-0.4, -0.2) is 12.5 Å². The van der Waals surface area contributed by atoms with Crippen LogP contribution in [0.5, 0.6) is 11.5 Å². The predicted molar refractivity (Wildman–Crippen MR) is 89.3 cm³/mol. The Morgan fingerprint density at radius 3 is 2.59 bits per heavy atom. The molecule has 2 aromatic carbocycles. The van der Waals surface area contributed by atoms with Crippen LogP contribution >= 0.6 is 0 Å². The highest BCUT2D eigenvalue weighted by atomic mass is 16.5. The number of amides is 1. The molecular formula is C18H22N2O2. The molecule has 4 nitrogen and oxygen atoms in total. The van der Waals surface area contributed by atoms with Gasteiger partial charge in [0.2, 0.25) is 5.91 Å². The number of hydrogen-bond acceptors (Lipinski definition) is 3. The molecule has 0 spiro atoms. The molecule has 0 fully saturated rings. The van der Waals surface area contributed by atoms with Gasteiger partial charge in [-0.05, 0) is 54.8 Å². The lowest BCUT2D eigenvalue weighted by atomic mass is 10.1. The van der Waals surface area contributed by atoms with Gasteiger partial charge in [0.1, 0.15) is 11.5 Å². The summed E-state index contributed by atoms with van der Waals surface area (Å²) in [7, 11) is 0. The molecule has 116 valence electrons. The van der Waals surface area contributed by atoms with E-state index in [4.69, 9.17) is 10.5 Å². The van der Waals surface area contributed by atoms with Gasteiger partial charge in [-0.3, -0.25) is 4.79 Å². The molecule has 4 heteroatoms. The van der Waals surface area contributed by atoms with Gasteiger partial charge in [-0.25, -0.2) is 0 Å². The fourth-order valence-electron chi connectivity index (χ4n) is 2.10. The maximum Gasteiger partial charge on any atom is 0.238 e. The standard InChI is InChI=1S/C18H22N2O2/c1-2-3-5-14-6-4-7-17(12-14)22-16-10-8-15(9-11-16)20-18(21)13-19/h4,6-12H,2-3,5,13,19H2,1H3,(H,20,21). The Bertz CT molecular complexity index is 609. The van der Waals surface area contributed by atoms with E-state index in [1.165, 1.54) is 18.4 Å². The number of anilines is 1. The third-order valence-corrected chi connectivity index (χ3v) is 3.28. The van der Waals surface area contributed by atoms with Crippen molar-refractivity contribution in [1.82, 2.24) is 0 Å². The molecule has 0 aliphatic heterocycles. The lowest BCUT2D eigenvalue weighted by Crippen LogP contribution is -2.21. The second-order valence-corrected chi connectivity index (χ2v) is 5.13. The molecule has 0 saturated heterocycles. The Morgan fingerprint density at radius 2 is 1.91 bits per heavy atom. The normalized spacial score (nSPS) is 10.3. The zero-order chi connectivity index (χ0) is 15.8. The smallest absolute Gasteiger partial charge is 0.238 e. The summed E-state index contributed by atoms with van der Waals surface area (Å²) in [5, 5.41) is 2.70. The van der Waals surface area contributed by atoms with Crippen molar-refractivity contribution in [3.8, 4) is 11.5 Å². The van der Waals surface area contributed by atoms with Crippen molar-refractivity contribution in [1.29, 1.82) is 0 Å². The molecule has 22 heavy (non-hydrogen) atoms. The van der Waals surface area contributed by atoms with Crippen molar-refractivity contribution in [2.75, 3.05) is 11.9 Å². The predicted octanol–water partition coefficient (Wildman–Crippen LogP) is 3.72. The van der Waals surface area contributed by atoms with E-state index in [2.05, 4.69) is 24.4 Å². The number of benzene rings is 2. The highest BCUT2D eigenvalue weighted by Crippen LogP contribution is 2.24. The van der Waals surface area contributed by atoms with Gasteiger partial charge in [0.05, 0.1) is 6.54 Å². The van der Waals surface area contributed by atoms with Gasteiger partial charge < -0.3 is 15.8 Å². The average molecular weight is 298 g/mol. The first kappa shape index (κ1) is 16.0. The summed E-state index contributed by atoms with van der Waals surface area (Å²) in [4.78, 5) is 11.2. The summed E-state index contributed by atoms with van der Waals surface area (Å²) in [5.74, 6) is 1.35.